The molecule has 0 spiro atoms. The lowest BCUT2D eigenvalue weighted by Gasteiger charge is -2.28. The topological polar surface area (TPSA) is 64.3 Å². The first kappa shape index (κ1) is 21.2. The molecule has 0 radical (unpaired) electrons. The van der Waals surface area contributed by atoms with Crippen LogP contribution < -0.4 is 0 Å². The van der Waals surface area contributed by atoms with E-state index in [0.717, 1.165) is 49.0 Å². The molecule has 1 aromatic heterocycles. The van der Waals surface area contributed by atoms with Crippen molar-refractivity contribution < 1.29 is 19.0 Å². The number of aliphatic carboxylic acids is 1. The lowest BCUT2D eigenvalue weighted by atomic mass is 9.82. The average Bonchev–Trinajstić information content (AvgIpc) is 3.19. The number of halogens is 1. The van der Waals surface area contributed by atoms with Gasteiger partial charge in [0, 0.05) is 29.4 Å². The Morgan fingerprint density at radius 2 is 1.68 bits per heavy atom. The van der Waals surface area contributed by atoms with Crippen molar-refractivity contribution in [1.82, 2.24) is 9.78 Å². The molecule has 0 amide bonds. The third-order valence-electron chi connectivity index (χ3n) is 5.96. The Morgan fingerprint density at radius 1 is 1.00 bits per heavy atom. The normalized spacial score (nSPS) is 18.7. The fraction of sp³-hybridized carbons (Fsp3) is 0.360. The van der Waals surface area contributed by atoms with E-state index < -0.39 is 5.97 Å². The van der Waals surface area contributed by atoms with E-state index in [1.165, 1.54) is 6.07 Å². The van der Waals surface area contributed by atoms with Crippen molar-refractivity contribution in [3.8, 4) is 22.4 Å². The highest BCUT2D eigenvalue weighted by molar-refractivity contribution is 5.80. The van der Waals surface area contributed by atoms with Gasteiger partial charge >= 0.3 is 5.97 Å². The van der Waals surface area contributed by atoms with Gasteiger partial charge in [-0.25, -0.2) is 9.18 Å². The molecule has 1 saturated carbocycles. The zero-order valence-electron chi connectivity index (χ0n) is 17.4. The highest BCUT2D eigenvalue weighted by Gasteiger charge is 2.23. The van der Waals surface area contributed by atoms with Crippen LogP contribution in [0.5, 0.6) is 0 Å². The fourth-order valence-corrected chi connectivity index (χ4v) is 4.36. The summed E-state index contributed by atoms with van der Waals surface area (Å²) in [4.78, 5) is 10.6. The molecule has 0 atom stereocenters. The minimum Gasteiger partial charge on any atom is -0.480 e. The summed E-state index contributed by atoms with van der Waals surface area (Å²) in [7, 11) is 0. The SMILES string of the molecule is O=C(O)COC[C@H]1CC[C@H](Cn2cc(-c3ccccc3F)c(-c3ccccc3)n2)CC1. The summed E-state index contributed by atoms with van der Waals surface area (Å²) in [5.41, 5.74) is 3.13. The lowest BCUT2D eigenvalue weighted by Crippen LogP contribution is -2.23. The molecule has 4 rings (SSSR count). The van der Waals surface area contributed by atoms with E-state index in [2.05, 4.69) is 0 Å². The number of ether oxygens (including phenoxy) is 1. The van der Waals surface area contributed by atoms with Crippen molar-refractivity contribution in [2.75, 3.05) is 13.2 Å². The number of carboxylic acids is 1. The summed E-state index contributed by atoms with van der Waals surface area (Å²) in [6, 6.07) is 16.7. The minimum atomic E-state index is -0.924. The third-order valence-corrected chi connectivity index (χ3v) is 5.96. The number of rotatable bonds is 8. The van der Waals surface area contributed by atoms with Gasteiger partial charge < -0.3 is 9.84 Å². The molecule has 3 aromatic rings. The molecule has 1 N–H and O–H groups in total. The van der Waals surface area contributed by atoms with E-state index in [1.807, 2.05) is 47.3 Å². The number of carboxylic acid groups (broad SMARTS) is 1. The largest absolute Gasteiger partial charge is 0.480 e. The van der Waals surface area contributed by atoms with Gasteiger partial charge in [0.1, 0.15) is 18.1 Å². The molecule has 1 fully saturated rings. The van der Waals surface area contributed by atoms with Crippen LogP contribution in [0.4, 0.5) is 4.39 Å². The van der Waals surface area contributed by atoms with E-state index in [9.17, 15) is 9.18 Å². The first-order chi connectivity index (χ1) is 15.1. The highest BCUT2D eigenvalue weighted by Crippen LogP contribution is 2.34. The summed E-state index contributed by atoms with van der Waals surface area (Å²) in [5.74, 6) is -0.261. The maximum absolute atomic E-state index is 14.5. The molecule has 6 heteroatoms. The number of hydrogen-bond donors (Lipinski definition) is 1. The van der Waals surface area contributed by atoms with E-state index >= 15 is 0 Å². The van der Waals surface area contributed by atoms with Gasteiger partial charge in [0.2, 0.25) is 0 Å². The monoisotopic (exact) mass is 422 g/mol. The van der Waals surface area contributed by atoms with Crippen molar-refractivity contribution >= 4 is 5.97 Å². The van der Waals surface area contributed by atoms with Crippen LogP contribution in [-0.2, 0) is 16.1 Å². The first-order valence-corrected chi connectivity index (χ1v) is 10.8. The van der Waals surface area contributed by atoms with Crippen molar-refractivity contribution in [2.45, 2.75) is 32.2 Å². The Labute approximate surface area is 181 Å². The zero-order chi connectivity index (χ0) is 21.6. The molecule has 1 aliphatic rings. The van der Waals surface area contributed by atoms with Crippen LogP contribution in [0, 0.1) is 17.7 Å². The number of hydrogen-bond acceptors (Lipinski definition) is 3. The van der Waals surface area contributed by atoms with Crippen LogP contribution in [0.3, 0.4) is 0 Å². The van der Waals surface area contributed by atoms with Gasteiger partial charge in [-0.15, -0.1) is 0 Å². The van der Waals surface area contributed by atoms with Gasteiger partial charge in [0.25, 0.3) is 0 Å². The molecule has 5 nitrogen and oxygen atoms in total. The fourth-order valence-electron chi connectivity index (χ4n) is 4.36. The van der Waals surface area contributed by atoms with Crippen LogP contribution in [-0.4, -0.2) is 34.1 Å². The molecule has 2 aromatic carbocycles. The molecule has 31 heavy (non-hydrogen) atoms. The van der Waals surface area contributed by atoms with Crippen LogP contribution in [0.15, 0.2) is 60.8 Å². The number of carbonyl (C=O) groups is 1. The van der Waals surface area contributed by atoms with E-state index in [4.69, 9.17) is 14.9 Å². The summed E-state index contributed by atoms with van der Waals surface area (Å²) >= 11 is 0. The molecule has 0 unspecified atom stereocenters. The number of aromatic nitrogens is 2. The zero-order valence-corrected chi connectivity index (χ0v) is 17.4. The molecule has 0 aliphatic heterocycles. The molecular formula is C25H27FN2O3. The minimum absolute atomic E-state index is 0.228. The Hall–Kier alpha value is -2.99. The van der Waals surface area contributed by atoms with Gasteiger partial charge in [-0.2, -0.15) is 5.10 Å². The molecule has 1 aliphatic carbocycles. The van der Waals surface area contributed by atoms with Crippen molar-refractivity contribution in [3.05, 3.63) is 66.6 Å². The predicted octanol–water partition coefficient (Wildman–Crippen LogP) is 5.26. The quantitative estimate of drug-likeness (QED) is 0.538. The molecular weight excluding hydrogens is 395 g/mol. The van der Waals surface area contributed by atoms with E-state index in [0.29, 0.717) is 24.0 Å². The van der Waals surface area contributed by atoms with Crippen LogP contribution in [0.1, 0.15) is 25.7 Å². The second-order valence-electron chi connectivity index (χ2n) is 8.25. The van der Waals surface area contributed by atoms with Crippen LogP contribution >= 0.6 is 0 Å². The van der Waals surface area contributed by atoms with Gasteiger partial charge in [0.05, 0.1) is 6.61 Å². The summed E-state index contributed by atoms with van der Waals surface area (Å²) in [6.07, 6.45) is 6.12. The van der Waals surface area contributed by atoms with Crippen molar-refractivity contribution in [3.63, 3.8) is 0 Å². The second kappa shape index (κ2) is 9.88. The second-order valence-corrected chi connectivity index (χ2v) is 8.25. The summed E-state index contributed by atoms with van der Waals surface area (Å²) < 4.78 is 21.8. The average molecular weight is 423 g/mol. The maximum atomic E-state index is 14.5. The smallest absolute Gasteiger partial charge is 0.329 e. The lowest BCUT2D eigenvalue weighted by molar-refractivity contribution is -0.142. The summed E-state index contributed by atoms with van der Waals surface area (Å²) in [5, 5.41) is 13.5. The van der Waals surface area contributed by atoms with Gasteiger partial charge in [0.15, 0.2) is 0 Å². The standard InChI is InChI=1S/C25H27FN2O3/c26-23-9-5-4-8-21(23)22-15-28(27-25(22)20-6-2-1-3-7-20)14-18-10-12-19(13-11-18)16-31-17-24(29)30/h1-9,15,18-19H,10-14,16-17H2,(H,29,30)/t18-,19-. The maximum Gasteiger partial charge on any atom is 0.329 e. The molecule has 162 valence electrons. The Morgan fingerprint density at radius 3 is 2.39 bits per heavy atom. The third kappa shape index (κ3) is 5.39. The summed E-state index contributed by atoms with van der Waals surface area (Å²) in [6.45, 7) is 1.07. The van der Waals surface area contributed by atoms with Gasteiger partial charge in [-0.3, -0.25) is 4.68 Å². The molecule has 1 heterocycles. The van der Waals surface area contributed by atoms with Gasteiger partial charge in [-0.05, 0) is 43.6 Å². The van der Waals surface area contributed by atoms with Crippen LogP contribution in [0.2, 0.25) is 0 Å². The Balaban J connectivity index is 1.47. The molecule has 0 saturated heterocycles. The van der Waals surface area contributed by atoms with Crippen molar-refractivity contribution in [2.24, 2.45) is 11.8 Å². The van der Waals surface area contributed by atoms with E-state index in [-0.39, 0.29) is 12.4 Å². The van der Waals surface area contributed by atoms with Crippen molar-refractivity contribution in [1.29, 1.82) is 0 Å². The number of nitrogens with zero attached hydrogens (tertiary/aromatic N) is 2. The number of benzene rings is 2. The Bertz CT molecular complexity index is 1010. The predicted molar refractivity (Wildman–Crippen MR) is 117 cm³/mol. The van der Waals surface area contributed by atoms with Gasteiger partial charge in [-0.1, -0.05) is 48.5 Å². The Kier molecular flexibility index (Phi) is 6.77. The van der Waals surface area contributed by atoms with Crippen LogP contribution in [0.25, 0.3) is 22.4 Å². The molecule has 0 bridgehead atoms. The highest BCUT2D eigenvalue weighted by atomic mass is 19.1. The van der Waals surface area contributed by atoms with E-state index in [1.54, 1.807) is 12.1 Å². The first-order valence-electron chi connectivity index (χ1n) is 10.8.